The molecule has 1 aliphatic carbocycles. The number of methoxy groups -OCH3 is 1. The standard InChI is InChI=1S/C18H26N2O2.ClH/c1-14-13-20(11-10-19-14)17(21)18(8-3-4-9-18)15-6-5-7-16(12-15)22-2;/h5-7,12,14,19H,3-4,8-11,13H2,1-2H3;1H. The first kappa shape index (κ1) is 18.1. The molecule has 2 aliphatic rings. The molecule has 5 heteroatoms. The summed E-state index contributed by atoms with van der Waals surface area (Å²) >= 11 is 0. The van der Waals surface area contributed by atoms with Crippen molar-refractivity contribution in [3.8, 4) is 5.75 Å². The van der Waals surface area contributed by atoms with Gasteiger partial charge in [0.2, 0.25) is 5.91 Å². The van der Waals surface area contributed by atoms with Gasteiger partial charge in [-0.2, -0.15) is 0 Å². The molecule has 1 heterocycles. The third-order valence-corrected chi connectivity index (χ3v) is 5.14. The van der Waals surface area contributed by atoms with E-state index in [4.69, 9.17) is 4.74 Å². The number of benzene rings is 1. The number of carbonyl (C=O) groups is 1. The van der Waals surface area contributed by atoms with Crippen LogP contribution in [-0.2, 0) is 10.2 Å². The average Bonchev–Trinajstić information content (AvgIpc) is 3.05. The maximum absolute atomic E-state index is 13.3. The van der Waals surface area contributed by atoms with Gasteiger partial charge < -0.3 is 15.0 Å². The highest BCUT2D eigenvalue weighted by Crippen LogP contribution is 2.43. The minimum absolute atomic E-state index is 0. The largest absolute Gasteiger partial charge is 0.497 e. The predicted octanol–water partition coefficient (Wildman–Crippen LogP) is 2.75. The van der Waals surface area contributed by atoms with E-state index in [0.29, 0.717) is 11.9 Å². The van der Waals surface area contributed by atoms with Gasteiger partial charge in [0.1, 0.15) is 5.75 Å². The second-order valence-electron chi connectivity index (χ2n) is 6.63. The molecule has 1 aliphatic heterocycles. The van der Waals surface area contributed by atoms with E-state index in [1.807, 2.05) is 12.1 Å². The van der Waals surface area contributed by atoms with Gasteiger partial charge in [0.25, 0.3) is 0 Å². The molecule has 3 rings (SSSR count). The van der Waals surface area contributed by atoms with Crippen molar-refractivity contribution in [1.82, 2.24) is 10.2 Å². The lowest BCUT2D eigenvalue weighted by Gasteiger charge is -2.39. The zero-order valence-electron chi connectivity index (χ0n) is 14.0. The summed E-state index contributed by atoms with van der Waals surface area (Å²) in [5.74, 6) is 1.15. The van der Waals surface area contributed by atoms with E-state index < -0.39 is 0 Å². The fourth-order valence-electron chi connectivity index (χ4n) is 3.94. The van der Waals surface area contributed by atoms with Gasteiger partial charge in [0.05, 0.1) is 12.5 Å². The van der Waals surface area contributed by atoms with Crippen molar-refractivity contribution in [2.24, 2.45) is 0 Å². The summed E-state index contributed by atoms with van der Waals surface area (Å²) in [6.07, 6.45) is 4.17. The number of hydrogen-bond donors (Lipinski definition) is 1. The van der Waals surface area contributed by atoms with Crippen LogP contribution in [0.4, 0.5) is 0 Å². The third kappa shape index (κ3) is 3.48. The second-order valence-corrected chi connectivity index (χ2v) is 6.63. The quantitative estimate of drug-likeness (QED) is 0.921. The summed E-state index contributed by atoms with van der Waals surface area (Å²) < 4.78 is 5.37. The van der Waals surface area contributed by atoms with Crippen LogP contribution in [0.15, 0.2) is 24.3 Å². The number of rotatable bonds is 3. The molecule has 0 radical (unpaired) electrons. The molecule has 1 unspecified atom stereocenters. The Labute approximate surface area is 145 Å². The van der Waals surface area contributed by atoms with E-state index in [1.54, 1.807) is 7.11 Å². The zero-order valence-corrected chi connectivity index (χ0v) is 14.8. The van der Waals surface area contributed by atoms with Crippen LogP contribution < -0.4 is 10.1 Å². The van der Waals surface area contributed by atoms with Crippen LogP contribution in [0, 0.1) is 0 Å². The fraction of sp³-hybridized carbons (Fsp3) is 0.611. The molecular weight excluding hydrogens is 312 g/mol. The molecule has 0 aromatic heterocycles. The summed E-state index contributed by atoms with van der Waals surface area (Å²) in [5, 5.41) is 3.41. The zero-order chi connectivity index (χ0) is 15.6. The van der Waals surface area contributed by atoms with Crippen LogP contribution in [0.3, 0.4) is 0 Å². The van der Waals surface area contributed by atoms with Crippen LogP contribution in [0.2, 0.25) is 0 Å². The summed E-state index contributed by atoms with van der Waals surface area (Å²) in [6.45, 7) is 4.66. The van der Waals surface area contributed by atoms with Crippen molar-refractivity contribution >= 4 is 18.3 Å². The van der Waals surface area contributed by atoms with Gasteiger partial charge in [-0.3, -0.25) is 4.79 Å². The Morgan fingerprint density at radius 2 is 2.09 bits per heavy atom. The number of nitrogens with one attached hydrogen (secondary N) is 1. The number of piperazine rings is 1. The first-order valence-corrected chi connectivity index (χ1v) is 8.33. The van der Waals surface area contributed by atoms with Crippen molar-refractivity contribution in [3.63, 3.8) is 0 Å². The number of carbonyl (C=O) groups excluding carboxylic acids is 1. The molecule has 1 N–H and O–H groups in total. The Morgan fingerprint density at radius 3 is 2.74 bits per heavy atom. The molecule has 1 atom stereocenters. The van der Waals surface area contributed by atoms with Gasteiger partial charge in [-0.1, -0.05) is 25.0 Å². The Balaban J connectivity index is 0.00000192. The van der Waals surface area contributed by atoms with E-state index in [1.165, 1.54) is 0 Å². The number of ether oxygens (including phenoxy) is 1. The van der Waals surface area contributed by atoms with Gasteiger partial charge in [0, 0.05) is 25.7 Å². The SMILES string of the molecule is COc1cccc(C2(C(=O)N3CCNC(C)C3)CCCC2)c1.Cl. The Kier molecular flexibility index (Phi) is 5.93. The van der Waals surface area contributed by atoms with E-state index in [-0.39, 0.29) is 17.8 Å². The molecule has 1 saturated carbocycles. The topological polar surface area (TPSA) is 41.6 Å². The summed E-state index contributed by atoms with van der Waals surface area (Å²) in [5.41, 5.74) is 0.784. The Bertz CT molecular complexity index is 544. The molecule has 1 amide bonds. The predicted molar refractivity (Wildman–Crippen MR) is 94.4 cm³/mol. The van der Waals surface area contributed by atoms with Crippen molar-refractivity contribution in [3.05, 3.63) is 29.8 Å². The van der Waals surface area contributed by atoms with E-state index in [2.05, 4.69) is 29.3 Å². The fourth-order valence-corrected chi connectivity index (χ4v) is 3.94. The summed E-state index contributed by atoms with van der Waals surface area (Å²) in [4.78, 5) is 15.4. The molecule has 1 aromatic carbocycles. The van der Waals surface area contributed by atoms with Gasteiger partial charge >= 0.3 is 0 Å². The molecule has 4 nitrogen and oxygen atoms in total. The van der Waals surface area contributed by atoms with Gasteiger partial charge in [-0.05, 0) is 37.5 Å². The van der Waals surface area contributed by atoms with Crippen LogP contribution in [0.5, 0.6) is 5.75 Å². The van der Waals surface area contributed by atoms with Crippen LogP contribution in [0.1, 0.15) is 38.2 Å². The first-order chi connectivity index (χ1) is 10.7. The molecule has 0 bridgehead atoms. The normalized spacial score (nSPS) is 23.2. The van der Waals surface area contributed by atoms with E-state index >= 15 is 0 Å². The lowest BCUT2D eigenvalue weighted by molar-refractivity contribution is -0.138. The van der Waals surface area contributed by atoms with Crippen molar-refractivity contribution in [1.29, 1.82) is 0 Å². The van der Waals surface area contributed by atoms with Crippen LogP contribution in [0.25, 0.3) is 0 Å². The first-order valence-electron chi connectivity index (χ1n) is 8.33. The highest BCUT2D eigenvalue weighted by Gasteiger charge is 2.45. The highest BCUT2D eigenvalue weighted by molar-refractivity contribution is 5.89. The van der Waals surface area contributed by atoms with Crippen molar-refractivity contribution in [2.45, 2.75) is 44.1 Å². The summed E-state index contributed by atoms with van der Waals surface area (Å²) in [7, 11) is 1.68. The number of nitrogens with zero attached hydrogens (tertiary/aromatic N) is 1. The number of hydrogen-bond acceptors (Lipinski definition) is 3. The van der Waals surface area contributed by atoms with Gasteiger partial charge in [0.15, 0.2) is 0 Å². The highest BCUT2D eigenvalue weighted by atomic mass is 35.5. The molecule has 23 heavy (non-hydrogen) atoms. The van der Waals surface area contributed by atoms with Gasteiger partial charge in [-0.15, -0.1) is 12.4 Å². The average molecular weight is 339 g/mol. The van der Waals surface area contributed by atoms with E-state index in [9.17, 15) is 4.79 Å². The third-order valence-electron chi connectivity index (χ3n) is 5.14. The van der Waals surface area contributed by atoms with Gasteiger partial charge in [-0.25, -0.2) is 0 Å². The smallest absolute Gasteiger partial charge is 0.233 e. The molecule has 128 valence electrons. The van der Waals surface area contributed by atoms with Crippen molar-refractivity contribution < 1.29 is 9.53 Å². The van der Waals surface area contributed by atoms with Crippen LogP contribution >= 0.6 is 12.4 Å². The Morgan fingerprint density at radius 1 is 1.35 bits per heavy atom. The van der Waals surface area contributed by atoms with E-state index in [0.717, 1.165) is 56.6 Å². The molecule has 2 fully saturated rings. The minimum Gasteiger partial charge on any atom is -0.497 e. The molecule has 1 aromatic rings. The molecular formula is C18H27ClN2O2. The maximum Gasteiger partial charge on any atom is 0.233 e. The minimum atomic E-state index is -0.342. The lowest BCUT2D eigenvalue weighted by atomic mass is 9.77. The van der Waals surface area contributed by atoms with Crippen LogP contribution in [-0.4, -0.2) is 43.6 Å². The monoisotopic (exact) mass is 338 g/mol. The molecule has 0 spiro atoms. The van der Waals surface area contributed by atoms with Crippen molar-refractivity contribution in [2.75, 3.05) is 26.7 Å². The molecule has 1 saturated heterocycles. The lowest BCUT2D eigenvalue weighted by Crippen LogP contribution is -2.56. The Hall–Kier alpha value is -1.26. The second kappa shape index (κ2) is 7.54. The summed E-state index contributed by atoms with van der Waals surface area (Å²) in [6, 6.07) is 8.47. The number of halogens is 1. The maximum atomic E-state index is 13.3. The number of amides is 1.